The largest absolute Gasteiger partial charge is 0.497 e. The van der Waals surface area contributed by atoms with Gasteiger partial charge >= 0.3 is 6.09 Å². The van der Waals surface area contributed by atoms with Crippen molar-refractivity contribution >= 4 is 22.0 Å². The van der Waals surface area contributed by atoms with Crippen LogP contribution in [0.3, 0.4) is 0 Å². The zero-order chi connectivity index (χ0) is 26.1. The first-order valence-corrected chi connectivity index (χ1v) is 12.3. The number of nitrogens with zero attached hydrogens (tertiary/aromatic N) is 5. The lowest BCUT2D eigenvalue weighted by atomic mass is 10.2. The Kier molecular flexibility index (Phi) is 9.65. The zero-order valence-corrected chi connectivity index (χ0v) is 22.8. The van der Waals surface area contributed by atoms with Gasteiger partial charge < -0.3 is 23.8 Å². The predicted molar refractivity (Wildman–Crippen MR) is 138 cm³/mol. The number of rotatable bonds is 5. The van der Waals surface area contributed by atoms with Crippen LogP contribution >= 0.6 is 15.9 Å². The molecule has 0 unspecified atom stereocenters. The van der Waals surface area contributed by atoms with Crippen LogP contribution in [0.5, 0.6) is 11.5 Å². The monoisotopic (exact) mass is 561 g/mol. The highest BCUT2D eigenvalue weighted by Crippen LogP contribution is 2.35. The molecular formula is C25H32BrN5O5. The third kappa shape index (κ3) is 7.66. The van der Waals surface area contributed by atoms with Gasteiger partial charge in [0.15, 0.2) is 5.75 Å². The second-order valence-electron chi connectivity index (χ2n) is 8.89. The molecule has 10 nitrogen and oxygen atoms in total. The minimum Gasteiger partial charge on any atom is -0.497 e. The number of benzene rings is 1. The Bertz CT molecular complexity index is 1110. The maximum absolute atomic E-state index is 11.5. The molecule has 0 saturated carbocycles. The molecule has 3 aromatic rings. The van der Waals surface area contributed by atoms with E-state index in [1.54, 1.807) is 31.5 Å². The van der Waals surface area contributed by atoms with Crippen molar-refractivity contribution in [2.24, 2.45) is 0 Å². The Morgan fingerprint density at radius 1 is 1.06 bits per heavy atom. The van der Waals surface area contributed by atoms with Gasteiger partial charge in [-0.15, -0.1) is 0 Å². The third-order valence-electron chi connectivity index (χ3n) is 5.07. The normalized spacial score (nSPS) is 13.4. The van der Waals surface area contributed by atoms with Crippen molar-refractivity contribution in [2.75, 3.05) is 40.5 Å². The number of carbonyl (C=O) groups excluding carboxylic acids is 1. The lowest BCUT2D eigenvalue weighted by Crippen LogP contribution is -2.43. The molecule has 3 heterocycles. The van der Waals surface area contributed by atoms with Crippen molar-refractivity contribution in [2.45, 2.75) is 32.9 Å². The molecule has 36 heavy (non-hydrogen) atoms. The third-order valence-corrected chi connectivity index (χ3v) is 5.84. The van der Waals surface area contributed by atoms with Crippen LogP contribution in [0, 0.1) is 0 Å². The molecule has 1 saturated heterocycles. The molecule has 194 valence electrons. The average Bonchev–Trinajstić information content (AvgIpc) is 3.20. The van der Waals surface area contributed by atoms with Crippen LogP contribution in [0.4, 0.5) is 4.79 Å². The van der Waals surface area contributed by atoms with E-state index in [1.165, 1.54) is 0 Å². The summed E-state index contributed by atoms with van der Waals surface area (Å²) in [6.07, 6.45) is 3.05. The molecule has 0 aliphatic carbocycles. The Morgan fingerprint density at radius 2 is 1.75 bits per heavy atom. The summed E-state index contributed by atoms with van der Waals surface area (Å²) < 4.78 is 23.6. The average molecular weight is 562 g/mol. The van der Waals surface area contributed by atoms with Crippen molar-refractivity contribution in [1.29, 1.82) is 0 Å². The molecule has 0 N–H and O–H groups in total. The minimum atomic E-state index is -0.407. The highest BCUT2D eigenvalue weighted by molar-refractivity contribution is 9.10. The molecule has 1 fully saturated rings. The van der Waals surface area contributed by atoms with Crippen LogP contribution < -0.4 is 9.47 Å². The van der Waals surface area contributed by atoms with E-state index < -0.39 is 5.60 Å². The van der Waals surface area contributed by atoms with Crippen LogP contribution in [0.2, 0.25) is 0 Å². The van der Waals surface area contributed by atoms with Gasteiger partial charge in [0, 0.05) is 18.7 Å². The SMILES string of the molecule is CC(C)(C)OC(=O)N1CCOCC1.COc1ccc(Cn2nc(-c3ccnnc3)c(OC)c2Br)cc1. The fourth-order valence-electron chi connectivity index (χ4n) is 3.31. The highest BCUT2D eigenvalue weighted by atomic mass is 79.9. The molecule has 1 aliphatic rings. The summed E-state index contributed by atoms with van der Waals surface area (Å²) in [6, 6.07) is 9.72. The van der Waals surface area contributed by atoms with Crippen LogP contribution in [0.15, 0.2) is 47.3 Å². The Labute approximate surface area is 219 Å². The summed E-state index contributed by atoms with van der Waals surface area (Å²) in [5.41, 5.74) is 2.28. The smallest absolute Gasteiger partial charge is 0.410 e. The van der Waals surface area contributed by atoms with Gasteiger partial charge in [-0.25, -0.2) is 9.48 Å². The van der Waals surface area contributed by atoms with E-state index in [2.05, 4.69) is 31.2 Å². The molecular weight excluding hydrogens is 530 g/mol. The van der Waals surface area contributed by atoms with Gasteiger partial charge in [0.1, 0.15) is 21.6 Å². The molecule has 0 spiro atoms. The molecule has 4 rings (SSSR count). The molecule has 1 amide bonds. The zero-order valence-electron chi connectivity index (χ0n) is 21.2. The number of carbonyl (C=O) groups is 1. The first-order chi connectivity index (χ1) is 17.2. The van der Waals surface area contributed by atoms with Crippen molar-refractivity contribution in [3.63, 3.8) is 0 Å². The maximum Gasteiger partial charge on any atom is 0.410 e. The van der Waals surface area contributed by atoms with Crippen molar-refractivity contribution in [3.05, 3.63) is 52.9 Å². The lowest BCUT2D eigenvalue weighted by Gasteiger charge is -2.29. The predicted octanol–water partition coefficient (Wildman–Crippen LogP) is 4.42. The fourth-order valence-corrected chi connectivity index (χ4v) is 3.86. The van der Waals surface area contributed by atoms with E-state index in [9.17, 15) is 4.79 Å². The molecule has 1 aliphatic heterocycles. The minimum absolute atomic E-state index is 0.240. The fraction of sp³-hybridized carbons (Fsp3) is 0.440. The van der Waals surface area contributed by atoms with Gasteiger partial charge in [-0.05, 0) is 60.5 Å². The van der Waals surface area contributed by atoms with E-state index in [-0.39, 0.29) is 6.09 Å². The Morgan fingerprint density at radius 3 is 2.31 bits per heavy atom. The molecule has 0 bridgehead atoms. The van der Waals surface area contributed by atoms with E-state index >= 15 is 0 Å². The van der Waals surface area contributed by atoms with E-state index in [4.69, 9.17) is 18.9 Å². The lowest BCUT2D eigenvalue weighted by molar-refractivity contribution is -0.00677. The van der Waals surface area contributed by atoms with Gasteiger partial charge in [0.25, 0.3) is 0 Å². The molecule has 2 aromatic heterocycles. The summed E-state index contributed by atoms with van der Waals surface area (Å²) in [6.45, 7) is 8.70. The molecule has 0 radical (unpaired) electrons. The van der Waals surface area contributed by atoms with Crippen LogP contribution in [-0.4, -0.2) is 77.1 Å². The number of hydrogen-bond acceptors (Lipinski definition) is 8. The number of ether oxygens (including phenoxy) is 4. The number of methoxy groups -OCH3 is 2. The Balaban J connectivity index is 0.000000236. The number of hydrogen-bond donors (Lipinski definition) is 0. The van der Waals surface area contributed by atoms with Gasteiger partial charge in [0.2, 0.25) is 0 Å². The van der Waals surface area contributed by atoms with E-state index in [0.717, 1.165) is 27.2 Å². The van der Waals surface area contributed by atoms with E-state index in [1.807, 2.05) is 55.8 Å². The van der Waals surface area contributed by atoms with Crippen molar-refractivity contribution in [1.82, 2.24) is 24.9 Å². The first kappa shape index (κ1) is 27.4. The topological polar surface area (TPSA) is 101 Å². The standard InChI is InChI=1S/C16H15BrN4O2.C9H17NO3/c1-22-13-5-3-11(4-6-13)10-21-16(17)15(23-2)14(20-21)12-7-8-18-19-9-12;1-9(2,3)13-8(11)10-4-6-12-7-5-10/h3-9H,10H2,1-2H3;4-7H2,1-3H3. The second kappa shape index (κ2) is 12.7. The van der Waals surface area contributed by atoms with Crippen molar-refractivity contribution in [3.8, 4) is 22.8 Å². The quantitative estimate of drug-likeness (QED) is 0.451. The summed E-state index contributed by atoms with van der Waals surface area (Å²) in [7, 11) is 3.27. The number of aromatic nitrogens is 4. The summed E-state index contributed by atoms with van der Waals surface area (Å²) in [5.74, 6) is 1.50. The Hall–Kier alpha value is -3.18. The summed E-state index contributed by atoms with van der Waals surface area (Å²) >= 11 is 3.56. The number of amides is 1. The van der Waals surface area contributed by atoms with Gasteiger partial charge in [-0.2, -0.15) is 15.3 Å². The van der Waals surface area contributed by atoms with Gasteiger partial charge in [-0.1, -0.05) is 12.1 Å². The molecule has 0 atom stereocenters. The first-order valence-electron chi connectivity index (χ1n) is 11.5. The number of halogens is 1. The van der Waals surface area contributed by atoms with Crippen LogP contribution in [-0.2, 0) is 16.0 Å². The summed E-state index contributed by atoms with van der Waals surface area (Å²) in [4.78, 5) is 13.1. The summed E-state index contributed by atoms with van der Waals surface area (Å²) in [5, 5.41) is 12.3. The van der Waals surface area contributed by atoms with E-state index in [0.29, 0.717) is 38.6 Å². The maximum atomic E-state index is 11.5. The van der Waals surface area contributed by atoms with Gasteiger partial charge in [-0.3, -0.25) is 0 Å². The highest BCUT2D eigenvalue weighted by Gasteiger charge is 2.23. The van der Waals surface area contributed by atoms with Gasteiger partial charge in [0.05, 0.1) is 46.4 Å². The molecule has 1 aromatic carbocycles. The van der Waals surface area contributed by atoms with Crippen LogP contribution in [0.25, 0.3) is 11.3 Å². The second-order valence-corrected chi connectivity index (χ2v) is 9.64. The van der Waals surface area contributed by atoms with Crippen molar-refractivity contribution < 1.29 is 23.7 Å². The number of morpholine rings is 1. The van der Waals surface area contributed by atoms with Crippen LogP contribution in [0.1, 0.15) is 26.3 Å². The molecule has 11 heteroatoms.